The summed E-state index contributed by atoms with van der Waals surface area (Å²) in [6.07, 6.45) is 1.52. The first kappa shape index (κ1) is 11.2. The van der Waals surface area contributed by atoms with Gasteiger partial charge in [0.05, 0.1) is 12.6 Å². The standard InChI is InChI=1S/C9H17NO2/c1-5-7(6-11)10-8(12)9(2,3)4/h5,7,11H,1,6H2,2-4H3,(H,10,12)/t7-/m0/s1. The summed E-state index contributed by atoms with van der Waals surface area (Å²) in [5, 5.41) is 11.4. The van der Waals surface area contributed by atoms with Crippen LogP contribution >= 0.6 is 0 Å². The lowest BCUT2D eigenvalue weighted by molar-refractivity contribution is -0.129. The molecule has 0 aromatic heterocycles. The fraction of sp³-hybridized carbons (Fsp3) is 0.667. The molecule has 0 rings (SSSR count). The highest BCUT2D eigenvalue weighted by Crippen LogP contribution is 2.12. The molecule has 0 saturated heterocycles. The highest BCUT2D eigenvalue weighted by molar-refractivity contribution is 5.81. The lowest BCUT2D eigenvalue weighted by Crippen LogP contribution is -2.42. The van der Waals surface area contributed by atoms with Crippen molar-refractivity contribution in [2.75, 3.05) is 6.61 Å². The molecule has 1 atom stereocenters. The number of aliphatic hydroxyl groups is 1. The van der Waals surface area contributed by atoms with Crippen LogP contribution in [0.1, 0.15) is 20.8 Å². The lowest BCUT2D eigenvalue weighted by Gasteiger charge is -2.20. The topological polar surface area (TPSA) is 49.3 Å². The minimum absolute atomic E-state index is 0.0820. The molecule has 0 aliphatic heterocycles. The largest absolute Gasteiger partial charge is 0.394 e. The lowest BCUT2D eigenvalue weighted by atomic mass is 9.95. The number of rotatable bonds is 3. The van der Waals surface area contributed by atoms with Crippen LogP contribution in [0.4, 0.5) is 0 Å². The number of aliphatic hydroxyl groups excluding tert-OH is 1. The molecule has 70 valence electrons. The predicted molar refractivity (Wildman–Crippen MR) is 48.7 cm³/mol. The molecule has 0 aromatic rings. The Bertz CT molecular complexity index is 170. The van der Waals surface area contributed by atoms with E-state index in [0.717, 1.165) is 0 Å². The zero-order valence-corrected chi connectivity index (χ0v) is 7.92. The maximum atomic E-state index is 11.3. The average molecular weight is 171 g/mol. The smallest absolute Gasteiger partial charge is 0.225 e. The van der Waals surface area contributed by atoms with E-state index in [1.165, 1.54) is 6.08 Å². The van der Waals surface area contributed by atoms with Crippen LogP contribution in [0.2, 0.25) is 0 Å². The Kier molecular flexibility index (Phi) is 3.96. The molecule has 0 saturated carbocycles. The van der Waals surface area contributed by atoms with E-state index in [-0.39, 0.29) is 18.6 Å². The first-order valence-corrected chi connectivity index (χ1v) is 3.96. The normalized spacial score (nSPS) is 13.7. The van der Waals surface area contributed by atoms with Crippen LogP contribution in [0.25, 0.3) is 0 Å². The first-order chi connectivity index (χ1) is 5.41. The fourth-order valence-corrected chi connectivity index (χ4v) is 0.564. The first-order valence-electron chi connectivity index (χ1n) is 3.96. The Labute approximate surface area is 73.5 Å². The van der Waals surface area contributed by atoms with Gasteiger partial charge in [-0.25, -0.2) is 0 Å². The highest BCUT2D eigenvalue weighted by atomic mass is 16.3. The molecule has 0 bridgehead atoms. The molecule has 0 spiro atoms. The summed E-state index contributed by atoms with van der Waals surface area (Å²) in [5.41, 5.74) is -0.420. The van der Waals surface area contributed by atoms with Crippen LogP contribution in [-0.2, 0) is 4.79 Å². The van der Waals surface area contributed by atoms with Crippen LogP contribution in [0.5, 0.6) is 0 Å². The van der Waals surface area contributed by atoms with Crippen molar-refractivity contribution in [3.05, 3.63) is 12.7 Å². The van der Waals surface area contributed by atoms with Gasteiger partial charge in [-0.05, 0) is 0 Å². The van der Waals surface area contributed by atoms with Gasteiger partial charge in [0.2, 0.25) is 5.91 Å². The molecule has 0 aliphatic rings. The Morgan fingerprint density at radius 1 is 1.67 bits per heavy atom. The quantitative estimate of drug-likeness (QED) is 0.614. The van der Waals surface area contributed by atoms with Gasteiger partial charge < -0.3 is 10.4 Å². The maximum absolute atomic E-state index is 11.3. The summed E-state index contributed by atoms with van der Waals surface area (Å²) in [4.78, 5) is 11.3. The summed E-state index contributed by atoms with van der Waals surface area (Å²) in [5.74, 6) is -0.0820. The van der Waals surface area contributed by atoms with Gasteiger partial charge in [-0.15, -0.1) is 6.58 Å². The minimum Gasteiger partial charge on any atom is -0.394 e. The van der Waals surface area contributed by atoms with E-state index in [1.54, 1.807) is 0 Å². The van der Waals surface area contributed by atoms with Crippen molar-refractivity contribution in [2.45, 2.75) is 26.8 Å². The Balaban J connectivity index is 4.08. The third kappa shape index (κ3) is 3.53. The van der Waals surface area contributed by atoms with Gasteiger partial charge in [0.25, 0.3) is 0 Å². The van der Waals surface area contributed by atoms with E-state index in [2.05, 4.69) is 11.9 Å². The summed E-state index contributed by atoms with van der Waals surface area (Å²) >= 11 is 0. The Morgan fingerprint density at radius 2 is 2.17 bits per heavy atom. The summed E-state index contributed by atoms with van der Waals surface area (Å²) < 4.78 is 0. The zero-order valence-electron chi connectivity index (χ0n) is 7.92. The SMILES string of the molecule is C=C[C@@H](CO)NC(=O)C(C)(C)C. The zero-order chi connectivity index (χ0) is 9.78. The van der Waals surface area contributed by atoms with Crippen LogP contribution in [0.15, 0.2) is 12.7 Å². The van der Waals surface area contributed by atoms with E-state index in [1.807, 2.05) is 20.8 Å². The maximum Gasteiger partial charge on any atom is 0.225 e. The molecule has 0 radical (unpaired) electrons. The van der Waals surface area contributed by atoms with E-state index < -0.39 is 5.41 Å². The molecule has 0 fully saturated rings. The summed E-state index contributed by atoms with van der Waals surface area (Å²) in [6, 6.07) is -0.336. The third-order valence-corrected chi connectivity index (χ3v) is 1.48. The number of amides is 1. The number of carbonyl (C=O) groups is 1. The van der Waals surface area contributed by atoms with Crippen molar-refractivity contribution >= 4 is 5.91 Å². The average Bonchev–Trinajstić information content (AvgIpc) is 1.97. The van der Waals surface area contributed by atoms with Crippen molar-refractivity contribution in [2.24, 2.45) is 5.41 Å². The van der Waals surface area contributed by atoms with Crippen LogP contribution in [0, 0.1) is 5.41 Å². The van der Waals surface area contributed by atoms with E-state index in [0.29, 0.717) is 0 Å². The number of hydrogen-bond acceptors (Lipinski definition) is 2. The minimum atomic E-state index is -0.420. The second-order valence-corrected chi connectivity index (χ2v) is 3.75. The molecule has 2 N–H and O–H groups in total. The molecule has 12 heavy (non-hydrogen) atoms. The van der Waals surface area contributed by atoms with Crippen molar-refractivity contribution in [1.29, 1.82) is 0 Å². The highest BCUT2D eigenvalue weighted by Gasteiger charge is 2.22. The fourth-order valence-electron chi connectivity index (χ4n) is 0.564. The van der Waals surface area contributed by atoms with Crippen molar-refractivity contribution in [3.8, 4) is 0 Å². The van der Waals surface area contributed by atoms with Gasteiger partial charge in [0.15, 0.2) is 0 Å². The molecule has 1 amide bonds. The van der Waals surface area contributed by atoms with E-state index in [4.69, 9.17) is 5.11 Å². The van der Waals surface area contributed by atoms with E-state index in [9.17, 15) is 4.79 Å². The summed E-state index contributed by atoms with van der Waals surface area (Å²) in [7, 11) is 0. The van der Waals surface area contributed by atoms with Gasteiger partial charge >= 0.3 is 0 Å². The van der Waals surface area contributed by atoms with Crippen LogP contribution in [-0.4, -0.2) is 23.7 Å². The molecule has 0 heterocycles. The predicted octanol–water partition coefficient (Wildman–Crippen LogP) is 0.696. The summed E-state index contributed by atoms with van der Waals surface area (Å²) in [6.45, 7) is 8.84. The Hall–Kier alpha value is -0.830. The molecule has 0 unspecified atom stereocenters. The Morgan fingerprint density at radius 3 is 2.42 bits per heavy atom. The second-order valence-electron chi connectivity index (χ2n) is 3.75. The molecular weight excluding hydrogens is 154 g/mol. The molecule has 0 aliphatic carbocycles. The molecular formula is C9H17NO2. The number of nitrogens with one attached hydrogen (secondary N) is 1. The monoisotopic (exact) mass is 171 g/mol. The van der Waals surface area contributed by atoms with Gasteiger partial charge in [-0.2, -0.15) is 0 Å². The molecule has 3 heteroatoms. The van der Waals surface area contributed by atoms with Crippen LogP contribution in [0.3, 0.4) is 0 Å². The van der Waals surface area contributed by atoms with Crippen LogP contribution < -0.4 is 5.32 Å². The van der Waals surface area contributed by atoms with Gasteiger partial charge in [0.1, 0.15) is 0 Å². The van der Waals surface area contributed by atoms with Gasteiger partial charge in [0, 0.05) is 5.41 Å². The van der Waals surface area contributed by atoms with Gasteiger partial charge in [-0.3, -0.25) is 4.79 Å². The molecule has 0 aromatic carbocycles. The molecule has 3 nitrogen and oxygen atoms in total. The van der Waals surface area contributed by atoms with Crippen molar-refractivity contribution < 1.29 is 9.90 Å². The second kappa shape index (κ2) is 4.26. The van der Waals surface area contributed by atoms with Crippen molar-refractivity contribution in [3.63, 3.8) is 0 Å². The van der Waals surface area contributed by atoms with E-state index >= 15 is 0 Å². The van der Waals surface area contributed by atoms with Crippen molar-refractivity contribution in [1.82, 2.24) is 5.32 Å². The van der Waals surface area contributed by atoms with Gasteiger partial charge in [-0.1, -0.05) is 26.8 Å². The number of hydrogen-bond donors (Lipinski definition) is 2. The third-order valence-electron chi connectivity index (χ3n) is 1.48. The number of carbonyl (C=O) groups excluding carboxylic acids is 1.